The third-order valence-corrected chi connectivity index (χ3v) is 3.95. The lowest BCUT2D eigenvalue weighted by Gasteiger charge is -2.09. The minimum atomic E-state index is -0.890. The molecule has 8 nitrogen and oxygen atoms in total. The Bertz CT molecular complexity index is 1020. The normalized spacial score (nSPS) is 11.8. The first-order chi connectivity index (χ1) is 12.8. The molecule has 1 unspecified atom stereocenters. The van der Waals surface area contributed by atoms with Gasteiger partial charge in [-0.25, -0.2) is 4.79 Å². The van der Waals surface area contributed by atoms with Crippen molar-refractivity contribution in [3.63, 3.8) is 0 Å². The summed E-state index contributed by atoms with van der Waals surface area (Å²) >= 11 is 5.75. The third-order valence-electron chi connectivity index (χ3n) is 3.71. The molecule has 0 spiro atoms. The van der Waals surface area contributed by atoms with Gasteiger partial charge >= 0.3 is 5.97 Å². The first-order valence-corrected chi connectivity index (χ1v) is 8.28. The van der Waals surface area contributed by atoms with Crippen LogP contribution in [0.4, 0.5) is 5.69 Å². The molecule has 3 aromatic rings. The minimum Gasteiger partial charge on any atom is -0.449 e. The van der Waals surface area contributed by atoms with Gasteiger partial charge in [-0.1, -0.05) is 29.3 Å². The van der Waals surface area contributed by atoms with Crippen LogP contribution >= 0.6 is 11.6 Å². The standard InChI is InChI=1S/C18H14ClN3O5/c1-10-4-3-5-12(8-10)17-21-20-16(27-17)11(2)26-18(23)14-7-6-13(19)9-15(14)22(24)25/h3-9,11H,1-2H3. The second kappa shape index (κ2) is 7.55. The van der Waals surface area contributed by atoms with Gasteiger partial charge in [-0.15, -0.1) is 10.2 Å². The van der Waals surface area contributed by atoms with Crippen LogP contribution in [0.2, 0.25) is 5.02 Å². The summed E-state index contributed by atoms with van der Waals surface area (Å²) in [5.74, 6) is -0.522. The lowest BCUT2D eigenvalue weighted by molar-refractivity contribution is -0.385. The summed E-state index contributed by atoms with van der Waals surface area (Å²) in [6, 6.07) is 11.2. The summed E-state index contributed by atoms with van der Waals surface area (Å²) in [7, 11) is 0. The molecule has 0 radical (unpaired) electrons. The van der Waals surface area contributed by atoms with Crippen molar-refractivity contribution in [1.82, 2.24) is 10.2 Å². The van der Waals surface area contributed by atoms with Crippen molar-refractivity contribution >= 4 is 23.3 Å². The van der Waals surface area contributed by atoms with Gasteiger partial charge in [-0.05, 0) is 38.1 Å². The Hall–Kier alpha value is -3.26. The maximum absolute atomic E-state index is 12.3. The number of benzene rings is 2. The van der Waals surface area contributed by atoms with Gasteiger partial charge in [0.25, 0.3) is 11.6 Å². The quantitative estimate of drug-likeness (QED) is 0.359. The number of nitrogens with zero attached hydrogens (tertiary/aromatic N) is 3. The number of halogens is 1. The Morgan fingerprint density at radius 1 is 1.26 bits per heavy atom. The average Bonchev–Trinajstić information content (AvgIpc) is 3.11. The van der Waals surface area contributed by atoms with E-state index in [1.165, 1.54) is 19.1 Å². The molecule has 1 aromatic heterocycles. The van der Waals surface area contributed by atoms with Gasteiger partial charge in [0.1, 0.15) is 5.56 Å². The Morgan fingerprint density at radius 3 is 2.74 bits per heavy atom. The molecule has 0 aliphatic rings. The number of nitro groups is 1. The number of aromatic nitrogens is 2. The van der Waals surface area contributed by atoms with Gasteiger partial charge in [0.15, 0.2) is 6.10 Å². The van der Waals surface area contributed by atoms with Gasteiger partial charge in [0, 0.05) is 16.7 Å². The van der Waals surface area contributed by atoms with E-state index in [4.69, 9.17) is 20.8 Å². The number of esters is 1. The molecule has 0 bridgehead atoms. The summed E-state index contributed by atoms with van der Waals surface area (Å²) in [4.78, 5) is 22.7. The van der Waals surface area contributed by atoms with Crippen molar-refractivity contribution in [2.24, 2.45) is 0 Å². The summed E-state index contributed by atoms with van der Waals surface area (Å²) in [6.45, 7) is 3.47. The zero-order chi connectivity index (χ0) is 19.6. The zero-order valence-corrected chi connectivity index (χ0v) is 15.1. The minimum absolute atomic E-state index is 0.0801. The number of hydrogen-bond acceptors (Lipinski definition) is 7. The van der Waals surface area contributed by atoms with Crippen LogP contribution in [0, 0.1) is 17.0 Å². The largest absolute Gasteiger partial charge is 0.449 e. The molecule has 0 fully saturated rings. The highest BCUT2D eigenvalue weighted by molar-refractivity contribution is 6.31. The van der Waals surface area contributed by atoms with Crippen molar-refractivity contribution in [3.8, 4) is 11.5 Å². The molecule has 0 N–H and O–H groups in total. The molecule has 27 heavy (non-hydrogen) atoms. The maximum Gasteiger partial charge on any atom is 0.345 e. The first-order valence-electron chi connectivity index (χ1n) is 7.90. The van der Waals surface area contributed by atoms with Crippen LogP contribution in [0.15, 0.2) is 46.9 Å². The van der Waals surface area contributed by atoms with E-state index in [0.29, 0.717) is 0 Å². The van der Waals surface area contributed by atoms with Crippen LogP contribution < -0.4 is 0 Å². The van der Waals surface area contributed by atoms with E-state index < -0.39 is 22.7 Å². The number of hydrogen-bond donors (Lipinski definition) is 0. The van der Waals surface area contributed by atoms with Crippen LogP contribution in [-0.4, -0.2) is 21.1 Å². The number of carbonyl (C=O) groups excluding carboxylic acids is 1. The van der Waals surface area contributed by atoms with Crippen molar-refractivity contribution in [2.75, 3.05) is 0 Å². The number of nitro benzene ring substituents is 1. The molecule has 1 atom stereocenters. The summed E-state index contributed by atoms with van der Waals surface area (Å²) in [6.07, 6.45) is -0.890. The average molecular weight is 388 g/mol. The van der Waals surface area contributed by atoms with E-state index in [1.807, 2.05) is 31.2 Å². The van der Waals surface area contributed by atoms with Crippen LogP contribution in [0.3, 0.4) is 0 Å². The molecular formula is C18H14ClN3O5. The topological polar surface area (TPSA) is 108 Å². The van der Waals surface area contributed by atoms with E-state index in [-0.39, 0.29) is 22.4 Å². The Labute approximate surface area is 158 Å². The molecule has 0 amide bonds. The maximum atomic E-state index is 12.3. The summed E-state index contributed by atoms with van der Waals surface area (Å²) < 4.78 is 10.8. The van der Waals surface area contributed by atoms with E-state index in [2.05, 4.69) is 10.2 Å². The molecule has 0 aliphatic carbocycles. The number of aryl methyl sites for hydroxylation is 1. The first kappa shape index (κ1) is 18.5. The fourth-order valence-corrected chi connectivity index (χ4v) is 2.56. The number of carbonyl (C=O) groups is 1. The van der Waals surface area contributed by atoms with Crippen molar-refractivity contribution in [3.05, 3.63) is 74.6 Å². The van der Waals surface area contributed by atoms with Crippen molar-refractivity contribution in [2.45, 2.75) is 20.0 Å². The Kier molecular flexibility index (Phi) is 5.18. The van der Waals surface area contributed by atoms with E-state index in [9.17, 15) is 14.9 Å². The van der Waals surface area contributed by atoms with E-state index >= 15 is 0 Å². The molecule has 0 saturated heterocycles. The number of rotatable bonds is 5. The fraction of sp³-hybridized carbons (Fsp3) is 0.167. The van der Waals surface area contributed by atoms with Gasteiger partial charge in [-0.3, -0.25) is 10.1 Å². The van der Waals surface area contributed by atoms with Crippen LogP contribution in [0.5, 0.6) is 0 Å². The second-order valence-corrected chi connectivity index (χ2v) is 6.22. The molecule has 2 aromatic carbocycles. The van der Waals surface area contributed by atoms with Gasteiger partial charge < -0.3 is 9.15 Å². The lowest BCUT2D eigenvalue weighted by atomic mass is 10.1. The van der Waals surface area contributed by atoms with Gasteiger partial charge in [0.05, 0.1) is 4.92 Å². The zero-order valence-electron chi connectivity index (χ0n) is 14.4. The highest BCUT2D eigenvalue weighted by Gasteiger charge is 2.26. The molecule has 9 heteroatoms. The molecule has 0 aliphatic heterocycles. The Morgan fingerprint density at radius 2 is 2.04 bits per heavy atom. The summed E-state index contributed by atoms with van der Waals surface area (Å²) in [5, 5.41) is 19.1. The molecule has 3 rings (SSSR count). The SMILES string of the molecule is Cc1cccc(-c2nnc(C(C)OC(=O)c3ccc(Cl)cc3[N+](=O)[O-])o2)c1. The van der Waals surface area contributed by atoms with E-state index in [0.717, 1.165) is 17.2 Å². The molecule has 0 saturated carbocycles. The molecular weight excluding hydrogens is 374 g/mol. The predicted molar refractivity (Wildman–Crippen MR) is 96.4 cm³/mol. The van der Waals surface area contributed by atoms with Gasteiger partial charge in [-0.2, -0.15) is 0 Å². The lowest BCUT2D eigenvalue weighted by Crippen LogP contribution is -2.11. The smallest absolute Gasteiger partial charge is 0.345 e. The van der Waals surface area contributed by atoms with Crippen molar-refractivity contribution < 1.29 is 18.9 Å². The van der Waals surface area contributed by atoms with Crippen LogP contribution in [0.25, 0.3) is 11.5 Å². The molecule has 1 heterocycles. The Balaban J connectivity index is 1.79. The van der Waals surface area contributed by atoms with Crippen LogP contribution in [-0.2, 0) is 4.74 Å². The van der Waals surface area contributed by atoms with Gasteiger partial charge in [0.2, 0.25) is 5.89 Å². The summed E-state index contributed by atoms with van der Waals surface area (Å²) in [5.41, 5.74) is 1.11. The number of ether oxygens (including phenoxy) is 1. The second-order valence-electron chi connectivity index (χ2n) is 5.78. The third kappa shape index (κ3) is 4.12. The highest BCUT2D eigenvalue weighted by atomic mass is 35.5. The van der Waals surface area contributed by atoms with Crippen LogP contribution in [0.1, 0.15) is 34.8 Å². The monoisotopic (exact) mass is 387 g/mol. The van der Waals surface area contributed by atoms with E-state index in [1.54, 1.807) is 0 Å². The van der Waals surface area contributed by atoms with Crippen molar-refractivity contribution in [1.29, 1.82) is 0 Å². The molecule has 138 valence electrons. The highest BCUT2D eigenvalue weighted by Crippen LogP contribution is 2.27. The fourth-order valence-electron chi connectivity index (χ4n) is 2.40. The predicted octanol–water partition coefficient (Wildman–Crippen LogP) is 4.52.